The first kappa shape index (κ1) is 16.8. The third-order valence-electron chi connectivity index (χ3n) is 4.17. The third kappa shape index (κ3) is 3.40. The second-order valence-electron chi connectivity index (χ2n) is 6.08. The molecule has 5 heteroatoms. The van der Waals surface area contributed by atoms with E-state index in [1.54, 1.807) is 25.2 Å². The number of pyridine rings is 1. The first-order valence-corrected chi connectivity index (χ1v) is 8.00. The van der Waals surface area contributed by atoms with E-state index in [2.05, 4.69) is 4.98 Å². The highest BCUT2D eigenvalue weighted by Crippen LogP contribution is 2.20. The van der Waals surface area contributed by atoms with Gasteiger partial charge in [0.1, 0.15) is 5.75 Å². The molecule has 0 spiro atoms. The molecule has 0 unspecified atom stereocenters. The minimum Gasteiger partial charge on any atom is -0.496 e. The molecule has 0 aliphatic heterocycles. The molecule has 25 heavy (non-hydrogen) atoms. The Hall–Kier alpha value is -3.08. The normalized spacial score (nSPS) is 10.7. The Balaban J connectivity index is 1.91. The number of amides is 1. The Morgan fingerprint density at radius 2 is 1.92 bits per heavy atom. The number of aromatic nitrogens is 1. The number of ether oxygens (including phenoxy) is 1. The molecule has 0 bridgehead atoms. The number of rotatable bonds is 4. The lowest BCUT2D eigenvalue weighted by atomic mass is 10.1. The molecular weight excluding hydrogens is 316 g/mol. The number of hydrogen-bond donors (Lipinski definition) is 1. The van der Waals surface area contributed by atoms with E-state index in [0.717, 1.165) is 16.5 Å². The summed E-state index contributed by atoms with van der Waals surface area (Å²) in [6, 6.07) is 14.7. The summed E-state index contributed by atoms with van der Waals surface area (Å²) < 4.78 is 5.25. The van der Waals surface area contributed by atoms with Gasteiger partial charge in [0, 0.05) is 18.1 Å². The third-order valence-corrected chi connectivity index (χ3v) is 4.17. The lowest BCUT2D eigenvalue weighted by molar-refractivity contribution is 0.0781. The maximum absolute atomic E-state index is 12.7. The molecule has 5 nitrogen and oxygen atoms in total. The van der Waals surface area contributed by atoms with Crippen molar-refractivity contribution in [2.45, 2.75) is 13.5 Å². The maximum atomic E-state index is 12.7. The number of H-pyrrole nitrogens is 1. The number of nitrogens with one attached hydrogen (secondary N) is 1. The highest BCUT2D eigenvalue weighted by atomic mass is 16.5. The number of carbonyl (C=O) groups is 1. The molecule has 1 N–H and O–H groups in total. The van der Waals surface area contributed by atoms with Crippen LogP contribution in [0, 0.1) is 6.92 Å². The highest BCUT2D eigenvalue weighted by Gasteiger charge is 2.17. The number of aromatic amines is 1. The second kappa shape index (κ2) is 6.81. The summed E-state index contributed by atoms with van der Waals surface area (Å²) in [5, 5.41) is 0.952. The Kier molecular flexibility index (Phi) is 4.57. The predicted molar refractivity (Wildman–Crippen MR) is 98.1 cm³/mol. The van der Waals surface area contributed by atoms with Crippen molar-refractivity contribution in [1.82, 2.24) is 9.88 Å². The van der Waals surface area contributed by atoms with Crippen LogP contribution < -0.4 is 10.3 Å². The van der Waals surface area contributed by atoms with Crippen molar-refractivity contribution in [2.75, 3.05) is 14.2 Å². The van der Waals surface area contributed by atoms with E-state index in [1.807, 2.05) is 37.3 Å². The SMILES string of the molecule is COc1ccccc1C(=O)N(C)Cc1cc2cc(C)ccc2[nH]c1=O. The Morgan fingerprint density at radius 3 is 2.68 bits per heavy atom. The molecule has 3 rings (SSSR count). The maximum Gasteiger partial charge on any atom is 0.257 e. The smallest absolute Gasteiger partial charge is 0.257 e. The van der Waals surface area contributed by atoms with Gasteiger partial charge in [0.2, 0.25) is 0 Å². The first-order chi connectivity index (χ1) is 12.0. The monoisotopic (exact) mass is 336 g/mol. The number of fused-ring (bicyclic) bond motifs is 1. The average Bonchev–Trinajstić information content (AvgIpc) is 2.62. The van der Waals surface area contributed by atoms with Gasteiger partial charge < -0.3 is 14.6 Å². The van der Waals surface area contributed by atoms with Crippen molar-refractivity contribution in [3.8, 4) is 5.75 Å². The average molecular weight is 336 g/mol. The van der Waals surface area contributed by atoms with Gasteiger partial charge in [-0.3, -0.25) is 9.59 Å². The van der Waals surface area contributed by atoms with E-state index in [1.165, 1.54) is 12.0 Å². The van der Waals surface area contributed by atoms with Crippen molar-refractivity contribution in [3.05, 3.63) is 75.6 Å². The quantitative estimate of drug-likeness (QED) is 0.796. The molecule has 0 saturated carbocycles. The number of hydrogen-bond acceptors (Lipinski definition) is 3. The van der Waals surface area contributed by atoms with E-state index in [9.17, 15) is 9.59 Å². The van der Waals surface area contributed by atoms with E-state index >= 15 is 0 Å². The Bertz CT molecular complexity index is 992. The standard InChI is InChI=1S/C20H20N2O3/c1-13-8-9-17-14(10-13)11-15(19(23)21-17)12-22(2)20(24)16-6-4-5-7-18(16)25-3/h4-11H,12H2,1-3H3,(H,21,23). The van der Waals surface area contributed by atoms with Crippen LogP contribution in [0.25, 0.3) is 10.9 Å². The Labute approximate surface area is 145 Å². The van der Waals surface area contributed by atoms with E-state index < -0.39 is 0 Å². The van der Waals surface area contributed by atoms with Crippen molar-refractivity contribution in [2.24, 2.45) is 0 Å². The highest BCUT2D eigenvalue weighted by molar-refractivity contribution is 5.96. The molecule has 1 heterocycles. The van der Waals surface area contributed by atoms with Gasteiger partial charge in [0.15, 0.2) is 0 Å². The zero-order valence-electron chi connectivity index (χ0n) is 14.5. The van der Waals surface area contributed by atoms with Gasteiger partial charge in [0.05, 0.1) is 19.2 Å². The molecule has 0 aliphatic rings. The summed E-state index contributed by atoms with van der Waals surface area (Å²) in [5.74, 6) is 0.323. The molecule has 0 saturated heterocycles. The van der Waals surface area contributed by atoms with Crippen LogP contribution in [0.5, 0.6) is 5.75 Å². The van der Waals surface area contributed by atoms with Crippen molar-refractivity contribution in [1.29, 1.82) is 0 Å². The zero-order chi connectivity index (χ0) is 18.0. The predicted octanol–water partition coefficient (Wildman–Crippen LogP) is 3.12. The van der Waals surface area contributed by atoms with Gasteiger partial charge >= 0.3 is 0 Å². The number of benzene rings is 2. The van der Waals surface area contributed by atoms with Crippen LogP contribution in [0.2, 0.25) is 0 Å². The van der Waals surface area contributed by atoms with Gasteiger partial charge in [-0.25, -0.2) is 0 Å². The summed E-state index contributed by atoms with van der Waals surface area (Å²) in [6.07, 6.45) is 0. The molecule has 0 aliphatic carbocycles. The summed E-state index contributed by atoms with van der Waals surface area (Å²) in [4.78, 5) is 29.4. The fraction of sp³-hybridized carbons (Fsp3) is 0.200. The lowest BCUT2D eigenvalue weighted by Crippen LogP contribution is -2.29. The van der Waals surface area contributed by atoms with Crippen molar-refractivity contribution >= 4 is 16.8 Å². The van der Waals surface area contributed by atoms with Crippen LogP contribution in [0.4, 0.5) is 0 Å². The number of carbonyl (C=O) groups excluding carboxylic acids is 1. The lowest BCUT2D eigenvalue weighted by Gasteiger charge is -2.18. The molecular formula is C20H20N2O3. The number of para-hydroxylation sites is 1. The van der Waals surface area contributed by atoms with E-state index in [-0.39, 0.29) is 18.0 Å². The van der Waals surface area contributed by atoms with Crippen LogP contribution in [0.3, 0.4) is 0 Å². The molecule has 0 fully saturated rings. The minimum atomic E-state index is -0.193. The second-order valence-corrected chi connectivity index (χ2v) is 6.08. The van der Waals surface area contributed by atoms with Gasteiger partial charge in [0.25, 0.3) is 11.5 Å². The van der Waals surface area contributed by atoms with Crippen LogP contribution >= 0.6 is 0 Å². The fourth-order valence-electron chi connectivity index (χ4n) is 2.84. The summed E-state index contributed by atoms with van der Waals surface area (Å²) in [5.41, 5.74) is 2.74. The summed E-state index contributed by atoms with van der Waals surface area (Å²) >= 11 is 0. The topological polar surface area (TPSA) is 62.4 Å². The molecule has 0 radical (unpaired) electrons. The molecule has 2 aromatic carbocycles. The van der Waals surface area contributed by atoms with Crippen LogP contribution in [0.1, 0.15) is 21.5 Å². The van der Waals surface area contributed by atoms with Crippen LogP contribution in [-0.4, -0.2) is 29.9 Å². The number of methoxy groups -OCH3 is 1. The molecule has 128 valence electrons. The summed E-state index contributed by atoms with van der Waals surface area (Å²) in [6.45, 7) is 2.22. The first-order valence-electron chi connectivity index (χ1n) is 8.00. The van der Waals surface area contributed by atoms with Gasteiger partial charge in [-0.1, -0.05) is 23.8 Å². The van der Waals surface area contributed by atoms with E-state index in [0.29, 0.717) is 16.9 Å². The van der Waals surface area contributed by atoms with Gasteiger partial charge in [-0.05, 0) is 42.6 Å². The van der Waals surface area contributed by atoms with E-state index in [4.69, 9.17) is 4.74 Å². The zero-order valence-corrected chi connectivity index (χ0v) is 14.5. The van der Waals surface area contributed by atoms with Crippen molar-refractivity contribution in [3.63, 3.8) is 0 Å². The Morgan fingerprint density at radius 1 is 1.16 bits per heavy atom. The molecule has 0 atom stereocenters. The molecule has 1 aromatic heterocycles. The largest absolute Gasteiger partial charge is 0.496 e. The minimum absolute atomic E-state index is 0.184. The summed E-state index contributed by atoms with van der Waals surface area (Å²) in [7, 11) is 3.21. The molecule has 3 aromatic rings. The van der Waals surface area contributed by atoms with Crippen LogP contribution in [0.15, 0.2) is 53.3 Å². The molecule has 1 amide bonds. The van der Waals surface area contributed by atoms with Crippen LogP contribution in [-0.2, 0) is 6.54 Å². The van der Waals surface area contributed by atoms with Gasteiger partial charge in [-0.2, -0.15) is 0 Å². The van der Waals surface area contributed by atoms with Gasteiger partial charge in [-0.15, -0.1) is 0 Å². The van der Waals surface area contributed by atoms with Crippen molar-refractivity contribution < 1.29 is 9.53 Å². The fourth-order valence-corrected chi connectivity index (χ4v) is 2.84. The number of nitrogens with zero attached hydrogens (tertiary/aromatic N) is 1. The number of aryl methyl sites for hydroxylation is 1.